The molecule has 4 N–H and O–H groups in total. The van der Waals surface area contributed by atoms with Crippen molar-refractivity contribution < 1.29 is 18.3 Å². The first-order valence-corrected chi connectivity index (χ1v) is 10.7. The number of ether oxygens (including phenoxy) is 1. The first-order valence-electron chi connectivity index (χ1n) is 10.7. The van der Waals surface area contributed by atoms with E-state index >= 15 is 0 Å². The molecule has 3 heterocycles. The molecule has 0 aliphatic carbocycles. The second-order valence-corrected chi connectivity index (χ2v) is 7.90. The Morgan fingerprint density at radius 1 is 1.29 bits per heavy atom. The lowest BCUT2D eigenvalue weighted by molar-refractivity contribution is -0.124. The Hall–Kier alpha value is -4.02. The second-order valence-electron chi connectivity index (χ2n) is 7.90. The van der Waals surface area contributed by atoms with Crippen LogP contribution in [-0.2, 0) is 24.3 Å². The number of pyridine rings is 1. The van der Waals surface area contributed by atoms with Gasteiger partial charge in [-0.05, 0) is 42.7 Å². The van der Waals surface area contributed by atoms with Crippen molar-refractivity contribution in [3.05, 3.63) is 75.6 Å². The van der Waals surface area contributed by atoms with Crippen LogP contribution < -0.4 is 26.7 Å². The molecule has 0 radical (unpaired) electrons. The largest absolute Gasteiger partial charge is 0.435 e. The molecule has 2 aromatic heterocycles. The first-order chi connectivity index (χ1) is 16.3. The van der Waals surface area contributed by atoms with Crippen LogP contribution in [0.1, 0.15) is 35.1 Å². The van der Waals surface area contributed by atoms with Gasteiger partial charge >= 0.3 is 6.61 Å². The molecule has 1 amide bonds. The molecule has 1 aliphatic rings. The summed E-state index contributed by atoms with van der Waals surface area (Å²) in [7, 11) is 0. The third kappa shape index (κ3) is 5.13. The molecule has 11 heteroatoms. The van der Waals surface area contributed by atoms with Crippen molar-refractivity contribution in [3.63, 3.8) is 0 Å². The van der Waals surface area contributed by atoms with Gasteiger partial charge in [-0.25, -0.2) is 9.97 Å². The maximum Gasteiger partial charge on any atom is 0.387 e. The highest BCUT2D eigenvalue weighted by Gasteiger charge is 2.31. The van der Waals surface area contributed by atoms with Crippen molar-refractivity contribution in [2.24, 2.45) is 0 Å². The number of benzene rings is 1. The van der Waals surface area contributed by atoms with Crippen LogP contribution >= 0.6 is 0 Å². The zero-order chi connectivity index (χ0) is 24.2. The molecule has 4 rings (SSSR count). The Balaban J connectivity index is 1.45. The second kappa shape index (κ2) is 9.86. The van der Waals surface area contributed by atoms with E-state index in [4.69, 9.17) is 5.73 Å². The van der Waals surface area contributed by atoms with E-state index in [0.29, 0.717) is 30.0 Å². The number of aryl methyl sites for hydroxylation is 2. The molecule has 34 heavy (non-hydrogen) atoms. The summed E-state index contributed by atoms with van der Waals surface area (Å²) in [5.74, 6) is 0.686. The summed E-state index contributed by atoms with van der Waals surface area (Å²) < 4.78 is 30.7. The van der Waals surface area contributed by atoms with Crippen molar-refractivity contribution in [2.75, 3.05) is 11.1 Å². The molecule has 0 bridgehead atoms. The van der Waals surface area contributed by atoms with E-state index in [9.17, 15) is 18.4 Å². The van der Waals surface area contributed by atoms with Crippen LogP contribution in [-0.4, -0.2) is 27.1 Å². The highest BCUT2D eigenvalue weighted by atomic mass is 19.3. The molecule has 0 unspecified atom stereocenters. The number of rotatable bonds is 8. The molecule has 0 saturated heterocycles. The third-order valence-electron chi connectivity index (χ3n) is 5.60. The van der Waals surface area contributed by atoms with Gasteiger partial charge in [0.05, 0.1) is 6.20 Å². The smallest absolute Gasteiger partial charge is 0.387 e. The number of aromatic nitrogens is 3. The summed E-state index contributed by atoms with van der Waals surface area (Å²) in [6, 6.07) is 8.98. The number of halogens is 2. The molecule has 1 atom stereocenters. The zero-order valence-corrected chi connectivity index (χ0v) is 18.4. The van der Waals surface area contributed by atoms with Crippen LogP contribution in [0.2, 0.25) is 0 Å². The van der Waals surface area contributed by atoms with E-state index in [0.717, 1.165) is 11.3 Å². The van der Waals surface area contributed by atoms with Gasteiger partial charge in [-0.15, -0.1) is 0 Å². The van der Waals surface area contributed by atoms with Gasteiger partial charge in [0.15, 0.2) is 0 Å². The molecular formula is C23H24F2N6O3. The number of hydrogen-bond donors (Lipinski definition) is 3. The average Bonchev–Trinajstić information content (AvgIpc) is 3.23. The number of alkyl halides is 2. The minimum Gasteiger partial charge on any atom is -0.435 e. The van der Waals surface area contributed by atoms with Gasteiger partial charge in [0, 0.05) is 25.2 Å². The number of hydrogen-bond acceptors (Lipinski definition) is 7. The fourth-order valence-corrected chi connectivity index (χ4v) is 3.90. The standard InChI is InChI=1S/C23H24F2N6O3/c1-13-15(5-7-19(26)30-13)11-29-21(32)18-6-8-20-28-12-17(22(33)31(18)20)27-10-14-3-2-4-16(9-14)34-23(24)25/h2-5,7,9,12,18,23,27H,6,8,10-11H2,1H3,(H2,26,30)(H,29,32)/t18-/m0/s1. The molecule has 0 fully saturated rings. The predicted octanol–water partition coefficient (Wildman–Crippen LogP) is 2.55. The number of nitrogens with two attached hydrogens (primary N) is 1. The quantitative estimate of drug-likeness (QED) is 0.462. The lowest BCUT2D eigenvalue weighted by Crippen LogP contribution is -2.36. The Morgan fingerprint density at radius 3 is 2.88 bits per heavy atom. The van der Waals surface area contributed by atoms with E-state index in [1.165, 1.54) is 22.9 Å². The highest BCUT2D eigenvalue weighted by Crippen LogP contribution is 2.24. The predicted molar refractivity (Wildman–Crippen MR) is 121 cm³/mol. The van der Waals surface area contributed by atoms with Gasteiger partial charge < -0.3 is 21.1 Å². The van der Waals surface area contributed by atoms with Crippen LogP contribution in [0, 0.1) is 6.92 Å². The first kappa shape index (κ1) is 23.1. The summed E-state index contributed by atoms with van der Waals surface area (Å²) in [5.41, 5.74) is 7.71. The van der Waals surface area contributed by atoms with Crippen LogP contribution in [0.15, 0.2) is 47.4 Å². The van der Waals surface area contributed by atoms with Gasteiger partial charge in [-0.2, -0.15) is 8.78 Å². The Bertz CT molecular complexity index is 1260. The van der Waals surface area contributed by atoms with Gasteiger partial charge in [0.1, 0.15) is 29.1 Å². The third-order valence-corrected chi connectivity index (χ3v) is 5.60. The number of carbonyl (C=O) groups excluding carboxylic acids is 1. The number of fused-ring (bicyclic) bond motifs is 1. The maximum absolute atomic E-state index is 13.1. The Kier molecular flexibility index (Phi) is 6.71. The fraction of sp³-hybridized carbons (Fsp3) is 0.304. The zero-order valence-electron chi connectivity index (χ0n) is 18.4. The van der Waals surface area contributed by atoms with Crippen molar-refractivity contribution in [1.82, 2.24) is 19.9 Å². The summed E-state index contributed by atoms with van der Waals surface area (Å²) >= 11 is 0. The lowest BCUT2D eigenvalue weighted by atomic mass is 10.1. The summed E-state index contributed by atoms with van der Waals surface area (Å²) in [4.78, 5) is 34.5. The Labute approximate surface area is 194 Å². The number of nitrogen functional groups attached to an aromatic ring is 1. The fourth-order valence-electron chi connectivity index (χ4n) is 3.90. The van der Waals surface area contributed by atoms with Gasteiger partial charge in [0.2, 0.25) is 5.91 Å². The van der Waals surface area contributed by atoms with E-state index in [1.807, 2.05) is 6.92 Å². The number of nitrogens with zero attached hydrogens (tertiary/aromatic N) is 3. The molecule has 1 aliphatic heterocycles. The molecule has 0 spiro atoms. The SMILES string of the molecule is Cc1nc(N)ccc1CNC(=O)[C@@H]1CCc2ncc(NCc3cccc(OC(F)F)c3)c(=O)n21. The normalized spacial score (nSPS) is 14.6. The monoisotopic (exact) mass is 470 g/mol. The number of amides is 1. The van der Waals surface area contributed by atoms with E-state index in [1.54, 1.807) is 24.3 Å². The van der Waals surface area contributed by atoms with Crippen molar-refractivity contribution in [2.45, 2.75) is 45.5 Å². The molecule has 3 aromatic rings. The van der Waals surface area contributed by atoms with E-state index < -0.39 is 12.7 Å². The van der Waals surface area contributed by atoms with E-state index in [2.05, 4.69) is 25.3 Å². The minimum absolute atomic E-state index is 0.0291. The summed E-state index contributed by atoms with van der Waals surface area (Å²) in [6.07, 6.45) is 2.39. The lowest BCUT2D eigenvalue weighted by Gasteiger charge is -2.16. The van der Waals surface area contributed by atoms with Crippen LogP contribution in [0.25, 0.3) is 0 Å². The molecule has 178 valence electrons. The average molecular weight is 470 g/mol. The van der Waals surface area contributed by atoms with Crippen LogP contribution in [0.3, 0.4) is 0 Å². The molecule has 9 nitrogen and oxygen atoms in total. The van der Waals surface area contributed by atoms with E-state index in [-0.39, 0.29) is 36.0 Å². The number of carbonyl (C=O) groups is 1. The molecular weight excluding hydrogens is 446 g/mol. The summed E-state index contributed by atoms with van der Waals surface area (Å²) in [5, 5.41) is 5.84. The van der Waals surface area contributed by atoms with Crippen molar-refractivity contribution >= 4 is 17.4 Å². The minimum atomic E-state index is -2.92. The van der Waals surface area contributed by atoms with Gasteiger partial charge in [0.25, 0.3) is 5.56 Å². The van der Waals surface area contributed by atoms with Crippen molar-refractivity contribution in [1.29, 1.82) is 0 Å². The highest BCUT2D eigenvalue weighted by molar-refractivity contribution is 5.81. The number of nitrogens with one attached hydrogen (secondary N) is 2. The van der Waals surface area contributed by atoms with Gasteiger partial charge in [-0.3, -0.25) is 14.2 Å². The molecule has 1 aromatic carbocycles. The topological polar surface area (TPSA) is 124 Å². The number of anilines is 2. The van der Waals surface area contributed by atoms with Crippen molar-refractivity contribution in [3.8, 4) is 5.75 Å². The van der Waals surface area contributed by atoms with Crippen LogP contribution in [0.5, 0.6) is 5.75 Å². The van der Waals surface area contributed by atoms with Gasteiger partial charge in [-0.1, -0.05) is 18.2 Å². The summed E-state index contributed by atoms with van der Waals surface area (Å²) in [6.45, 7) is -0.653. The van der Waals surface area contributed by atoms with Crippen LogP contribution in [0.4, 0.5) is 20.3 Å². The maximum atomic E-state index is 13.1. The Morgan fingerprint density at radius 2 is 2.12 bits per heavy atom. The molecule has 0 saturated carbocycles.